The molecule has 0 spiro atoms. The first-order chi connectivity index (χ1) is 8.69. The van der Waals surface area contributed by atoms with E-state index in [2.05, 4.69) is 5.32 Å². The molecule has 112 valence electrons. The molecule has 1 unspecified atom stereocenters. The molecule has 0 aromatic carbocycles. The second kappa shape index (κ2) is 8.58. The molecular weight excluding hydrogens is 291 g/mol. The molecule has 9 heteroatoms. The zero-order valence-electron chi connectivity index (χ0n) is 11.3. The normalized spacial score (nSPS) is 13.1. The van der Waals surface area contributed by atoms with Crippen molar-refractivity contribution in [2.45, 2.75) is 12.5 Å². The molecule has 0 aromatic heterocycles. The number of nitrogens with one attached hydrogen (secondary N) is 1. The number of carboxylic acid groups (broad SMARTS) is 1. The Balaban J connectivity index is 4.34. The number of amides is 1. The smallest absolute Gasteiger partial charge is 0.329 e. The van der Waals surface area contributed by atoms with E-state index in [1.165, 1.54) is 11.8 Å². The molecule has 0 radical (unpaired) electrons. The maximum atomic E-state index is 11.6. The first kappa shape index (κ1) is 18.4. The van der Waals surface area contributed by atoms with Crippen LogP contribution in [0.25, 0.3) is 0 Å². The van der Waals surface area contributed by atoms with Crippen LogP contribution < -0.4 is 5.32 Å². The highest BCUT2D eigenvalue weighted by atomic mass is 32.2. The molecule has 0 bridgehead atoms. The topological polar surface area (TPSA) is 107 Å². The average molecular weight is 312 g/mol. The molecule has 0 aromatic rings. The summed E-state index contributed by atoms with van der Waals surface area (Å²) in [7, 11) is -2.30. The van der Waals surface area contributed by atoms with Gasteiger partial charge in [0.15, 0.2) is 6.04 Å². The maximum Gasteiger partial charge on any atom is 0.329 e. The molecule has 0 saturated heterocycles. The van der Waals surface area contributed by atoms with Crippen LogP contribution in [-0.2, 0) is 14.2 Å². The predicted molar refractivity (Wildman–Crippen MR) is 75.4 cm³/mol. The second-order valence-corrected chi connectivity index (χ2v) is 8.98. The molecule has 7 nitrogen and oxygen atoms in total. The highest BCUT2D eigenvalue weighted by Gasteiger charge is 2.28. The Bertz CT molecular complexity index is 360. The predicted octanol–water partition coefficient (Wildman–Crippen LogP) is 0.580. The first-order valence-electron chi connectivity index (χ1n) is 5.66. The number of rotatable bonds is 9. The van der Waals surface area contributed by atoms with Crippen LogP contribution in [-0.4, -0.2) is 71.5 Å². The van der Waals surface area contributed by atoms with E-state index in [0.29, 0.717) is 5.75 Å². The zero-order valence-corrected chi connectivity index (χ0v) is 13.0. The summed E-state index contributed by atoms with van der Waals surface area (Å²) < 4.78 is 11.4. The van der Waals surface area contributed by atoms with Crippen molar-refractivity contribution >= 4 is 30.8 Å². The van der Waals surface area contributed by atoms with Crippen molar-refractivity contribution in [3.63, 3.8) is 0 Å². The number of hydroxylamine groups is 2. The Hall–Kier alpha value is -0.560. The Morgan fingerprint density at radius 3 is 2.42 bits per heavy atom. The molecule has 1 atom stereocenters. The van der Waals surface area contributed by atoms with Crippen molar-refractivity contribution in [2.75, 3.05) is 38.2 Å². The standard InChI is InChI=1S/C10H21N2O5PS/c1-18(2,17)7-11-6-9(13)12(16)8(10(14)15)4-5-19-3/h8,11,16H,4-7H2,1-3H3,(H,14,15). The lowest BCUT2D eigenvalue weighted by Crippen LogP contribution is -2.46. The molecule has 1 amide bonds. The van der Waals surface area contributed by atoms with Crippen molar-refractivity contribution < 1.29 is 24.5 Å². The fraction of sp³-hybridized carbons (Fsp3) is 0.800. The monoisotopic (exact) mass is 312 g/mol. The minimum atomic E-state index is -2.30. The van der Waals surface area contributed by atoms with E-state index < -0.39 is 25.1 Å². The van der Waals surface area contributed by atoms with Gasteiger partial charge in [-0.3, -0.25) is 10.0 Å². The Morgan fingerprint density at radius 2 is 2.00 bits per heavy atom. The zero-order chi connectivity index (χ0) is 15.1. The van der Waals surface area contributed by atoms with Gasteiger partial charge in [0.25, 0.3) is 5.91 Å². The second-order valence-electron chi connectivity index (χ2n) is 4.53. The number of aliphatic carboxylic acids is 1. The van der Waals surface area contributed by atoms with E-state index in [1.807, 2.05) is 6.26 Å². The largest absolute Gasteiger partial charge is 0.480 e. The minimum Gasteiger partial charge on any atom is -0.480 e. The van der Waals surface area contributed by atoms with Crippen molar-refractivity contribution in [1.29, 1.82) is 0 Å². The van der Waals surface area contributed by atoms with Gasteiger partial charge in [0.05, 0.1) is 13.7 Å². The fourth-order valence-electron chi connectivity index (χ4n) is 1.27. The Kier molecular flexibility index (Phi) is 8.33. The number of carbonyl (C=O) groups is 2. The molecule has 3 N–H and O–H groups in total. The van der Waals surface area contributed by atoms with Gasteiger partial charge < -0.3 is 15.0 Å². The van der Waals surface area contributed by atoms with Crippen molar-refractivity contribution in [3.8, 4) is 0 Å². The van der Waals surface area contributed by atoms with Crippen molar-refractivity contribution in [3.05, 3.63) is 0 Å². The summed E-state index contributed by atoms with van der Waals surface area (Å²) in [6, 6.07) is -1.25. The third-order valence-electron chi connectivity index (χ3n) is 2.20. The van der Waals surface area contributed by atoms with Gasteiger partial charge in [0.1, 0.15) is 0 Å². The van der Waals surface area contributed by atoms with Crippen LogP contribution in [0, 0.1) is 0 Å². The van der Waals surface area contributed by atoms with Crippen molar-refractivity contribution in [2.24, 2.45) is 0 Å². The molecule has 0 heterocycles. The third kappa shape index (κ3) is 8.26. The minimum absolute atomic E-state index is 0.162. The Morgan fingerprint density at radius 1 is 1.42 bits per heavy atom. The quantitative estimate of drug-likeness (QED) is 0.325. The number of thioether (sulfide) groups is 1. The van der Waals surface area contributed by atoms with Gasteiger partial charge in [-0.15, -0.1) is 0 Å². The molecule has 0 aliphatic heterocycles. The molecule has 19 heavy (non-hydrogen) atoms. The summed E-state index contributed by atoms with van der Waals surface area (Å²) in [5.41, 5.74) is 0. The highest BCUT2D eigenvalue weighted by molar-refractivity contribution is 7.98. The number of carbonyl (C=O) groups excluding carboxylic acids is 1. The Labute approximate surface area is 117 Å². The summed E-state index contributed by atoms with van der Waals surface area (Å²) in [5.74, 6) is -1.48. The van der Waals surface area contributed by atoms with E-state index in [1.54, 1.807) is 13.3 Å². The third-order valence-corrected chi connectivity index (χ3v) is 3.83. The van der Waals surface area contributed by atoms with Gasteiger partial charge in [-0.25, -0.2) is 9.86 Å². The van der Waals surface area contributed by atoms with Gasteiger partial charge in [-0.1, -0.05) is 0 Å². The SMILES string of the molecule is CSCCC(C(=O)O)N(O)C(=O)CNCP(C)(C)=O. The molecule has 0 saturated carbocycles. The molecule has 0 aliphatic carbocycles. The summed E-state index contributed by atoms with van der Waals surface area (Å²) in [5, 5.41) is 21.4. The van der Waals surface area contributed by atoms with Crippen LogP contribution in [0.2, 0.25) is 0 Å². The molecule has 0 aliphatic rings. The van der Waals surface area contributed by atoms with E-state index in [9.17, 15) is 19.4 Å². The first-order valence-corrected chi connectivity index (χ1v) is 9.84. The van der Waals surface area contributed by atoms with Crippen LogP contribution >= 0.6 is 18.9 Å². The summed E-state index contributed by atoms with van der Waals surface area (Å²) >= 11 is 1.43. The summed E-state index contributed by atoms with van der Waals surface area (Å²) in [4.78, 5) is 22.5. The number of hydrogen-bond donors (Lipinski definition) is 3. The summed E-state index contributed by atoms with van der Waals surface area (Å²) in [6.07, 6.45) is 2.14. The van der Waals surface area contributed by atoms with Gasteiger partial charge >= 0.3 is 5.97 Å². The summed E-state index contributed by atoms with van der Waals surface area (Å²) in [6.45, 7) is 2.89. The van der Waals surface area contributed by atoms with Gasteiger partial charge in [0.2, 0.25) is 0 Å². The molecule has 0 rings (SSSR count). The van der Waals surface area contributed by atoms with Crippen LogP contribution in [0.4, 0.5) is 0 Å². The van der Waals surface area contributed by atoms with Crippen LogP contribution in [0.1, 0.15) is 6.42 Å². The number of carboxylic acids is 1. The van der Waals surface area contributed by atoms with E-state index >= 15 is 0 Å². The fourth-order valence-corrected chi connectivity index (χ4v) is 2.38. The molecule has 0 fully saturated rings. The van der Waals surface area contributed by atoms with E-state index in [-0.39, 0.29) is 24.3 Å². The van der Waals surface area contributed by atoms with Crippen molar-refractivity contribution in [1.82, 2.24) is 10.4 Å². The average Bonchev–Trinajstić information content (AvgIpc) is 2.26. The lowest BCUT2D eigenvalue weighted by atomic mass is 10.2. The molecular formula is C10H21N2O5PS. The van der Waals surface area contributed by atoms with Crippen LogP contribution in [0.15, 0.2) is 0 Å². The lowest BCUT2D eigenvalue weighted by Gasteiger charge is -2.22. The highest BCUT2D eigenvalue weighted by Crippen LogP contribution is 2.33. The lowest BCUT2D eigenvalue weighted by molar-refractivity contribution is -0.185. The van der Waals surface area contributed by atoms with Crippen LogP contribution in [0.3, 0.4) is 0 Å². The van der Waals surface area contributed by atoms with Crippen LogP contribution in [0.5, 0.6) is 0 Å². The van der Waals surface area contributed by atoms with Gasteiger partial charge in [-0.2, -0.15) is 11.8 Å². The van der Waals surface area contributed by atoms with Gasteiger partial charge in [0, 0.05) is 6.29 Å². The maximum absolute atomic E-state index is 11.6. The van der Waals surface area contributed by atoms with E-state index in [0.717, 1.165) is 0 Å². The number of nitrogens with zero attached hydrogens (tertiary/aromatic N) is 1. The van der Waals surface area contributed by atoms with Gasteiger partial charge in [-0.05, 0) is 31.8 Å². The van der Waals surface area contributed by atoms with E-state index in [4.69, 9.17) is 5.11 Å². The number of hydrogen-bond acceptors (Lipinski definition) is 6.